The summed E-state index contributed by atoms with van der Waals surface area (Å²) >= 11 is 0. The minimum atomic E-state index is 0.979. The molecule has 0 fully saturated rings. The van der Waals surface area contributed by atoms with E-state index in [1.54, 1.807) is 25.8 Å². The van der Waals surface area contributed by atoms with E-state index in [1.165, 1.54) is 5.56 Å². The molecule has 0 aliphatic carbocycles. The molecular formula is C13H13NO2. The molecule has 82 valence electrons. The van der Waals surface area contributed by atoms with E-state index < -0.39 is 0 Å². The number of hydrogen-bond acceptors (Lipinski definition) is 3. The van der Waals surface area contributed by atoms with Gasteiger partial charge in [-0.2, -0.15) is 0 Å². The highest BCUT2D eigenvalue weighted by atomic mass is 16.5. The third-order valence-electron chi connectivity index (χ3n) is 2.43. The van der Waals surface area contributed by atoms with E-state index in [9.17, 15) is 0 Å². The molecule has 0 aliphatic heterocycles. The third kappa shape index (κ3) is 2.14. The van der Waals surface area contributed by atoms with E-state index >= 15 is 0 Å². The van der Waals surface area contributed by atoms with E-state index in [1.807, 2.05) is 12.1 Å². The Bertz CT molecular complexity index is 487. The highest BCUT2D eigenvalue weighted by molar-refractivity contribution is 5.67. The molecule has 0 spiro atoms. The number of methoxy groups -OCH3 is 1. The van der Waals surface area contributed by atoms with Crippen LogP contribution < -0.4 is 0 Å². The fourth-order valence-corrected chi connectivity index (χ4v) is 1.49. The maximum Gasteiger partial charge on any atom is 0.131 e. The summed E-state index contributed by atoms with van der Waals surface area (Å²) < 4.78 is 9.75. The average Bonchev–Trinajstić information content (AvgIpc) is 2.81. The Labute approximate surface area is 94.3 Å². The van der Waals surface area contributed by atoms with E-state index in [2.05, 4.69) is 24.2 Å². The molecule has 0 atom stereocenters. The van der Waals surface area contributed by atoms with Crippen molar-refractivity contribution in [1.82, 2.24) is 5.16 Å². The summed E-state index contributed by atoms with van der Waals surface area (Å²) in [5.41, 5.74) is 4.39. The summed E-state index contributed by atoms with van der Waals surface area (Å²) in [7, 11) is 1.63. The van der Waals surface area contributed by atoms with Crippen LogP contribution in [0.1, 0.15) is 11.1 Å². The van der Waals surface area contributed by atoms with Crippen LogP contribution >= 0.6 is 0 Å². The normalized spacial score (nSPS) is 10.9. The number of aromatic nitrogens is 1. The predicted molar refractivity (Wildman–Crippen MR) is 62.7 cm³/mol. The topological polar surface area (TPSA) is 35.3 Å². The number of nitrogens with zero attached hydrogens (tertiary/aromatic N) is 1. The molecule has 0 unspecified atom stereocenters. The smallest absolute Gasteiger partial charge is 0.131 e. The van der Waals surface area contributed by atoms with Crippen LogP contribution in [0.15, 0.2) is 41.4 Å². The Morgan fingerprint density at radius 3 is 2.88 bits per heavy atom. The molecule has 2 rings (SSSR count). The van der Waals surface area contributed by atoms with Crippen LogP contribution in [0.5, 0.6) is 0 Å². The molecule has 1 heterocycles. The SMILES string of the molecule is COC=Cc1cc(-c2cnoc2)ccc1C. The van der Waals surface area contributed by atoms with Gasteiger partial charge >= 0.3 is 0 Å². The van der Waals surface area contributed by atoms with Crippen molar-refractivity contribution >= 4 is 6.08 Å². The molecule has 3 nitrogen and oxygen atoms in total. The van der Waals surface area contributed by atoms with Crippen molar-refractivity contribution in [3.63, 3.8) is 0 Å². The summed E-state index contributed by atoms with van der Waals surface area (Å²) in [6, 6.07) is 6.20. The molecule has 16 heavy (non-hydrogen) atoms. The molecule has 3 heteroatoms. The molecule has 1 aromatic heterocycles. The van der Waals surface area contributed by atoms with E-state index in [0.29, 0.717) is 0 Å². The number of rotatable bonds is 3. The van der Waals surface area contributed by atoms with Crippen molar-refractivity contribution in [1.29, 1.82) is 0 Å². The van der Waals surface area contributed by atoms with Gasteiger partial charge < -0.3 is 9.26 Å². The van der Waals surface area contributed by atoms with Gasteiger partial charge in [0, 0.05) is 5.56 Å². The van der Waals surface area contributed by atoms with Gasteiger partial charge in [-0.1, -0.05) is 17.3 Å². The molecule has 0 bridgehead atoms. The van der Waals surface area contributed by atoms with Gasteiger partial charge in [-0.25, -0.2) is 0 Å². The van der Waals surface area contributed by atoms with Gasteiger partial charge in [0.05, 0.1) is 19.6 Å². The van der Waals surface area contributed by atoms with Gasteiger partial charge in [-0.05, 0) is 35.8 Å². The molecule has 0 aliphatic rings. The summed E-state index contributed by atoms with van der Waals surface area (Å²) in [4.78, 5) is 0. The standard InChI is InChI=1S/C13H13NO2/c1-10-3-4-12(13-8-14-16-9-13)7-11(10)5-6-15-2/h3-9H,1-2H3. The second-order valence-corrected chi connectivity index (χ2v) is 3.52. The van der Waals surface area contributed by atoms with Crippen molar-refractivity contribution in [2.75, 3.05) is 7.11 Å². The Kier molecular flexibility index (Phi) is 3.05. The van der Waals surface area contributed by atoms with Crippen LogP contribution in [0, 0.1) is 6.92 Å². The van der Waals surface area contributed by atoms with E-state index in [0.717, 1.165) is 16.7 Å². The zero-order valence-electron chi connectivity index (χ0n) is 9.31. The molecule has 2 aromatic rings. The van der Waals surface area contributed by atoms with Crippen LogP contribution in [-0.2, 0) is 4.74 Å². The molecule has 0 saturated carbocycles. The Morgan fingerprint density at radius 1 is 1.31 bits per heavy atom. The van der Waals surface area contributed by atoms with Crippen LogP contribution in [-0.4, -0.2) is 12.3 Å². The Hall–Kier alpha value is -2.03. The Morgan fingerprint density at radius 2 is 2.19 bits per heavy atom. The van der Waals surface area contributed by atoms with Gasteiger partial charge in [0.2, 0.25) is 0 Å². The van der Waals surface area contributed by atoms with Crippen molar-refractivity contribution in [3.8, 4) is 11.1 Å². The van der Waals surface area contributed by atoms with Crippen molar-refractivity contribution in [3.05, 3.63) is 48.0 Å². The van der Waals surface area contributed by atoms with Crippen molar-refractivity contribution < 1.29 is 9.26 Å². The fraction of sp³-hybridized carbons (Fsp3) is 0.154. The van der Waals surface area contributed by atoms with Crippen LogP contribution in [0.4, 0.5) is 0 Å². The van der Waals surface area contributed by atoms with Crippen LogP contribution in [0.2, 0.25) is 0 Å². The van der Waals surface area contributed by atoms with Gasteiger partial charge in [-0.15, -0.1) is 0 Å². The molecule has 0 amide bonds. The van der Waals surface area contributed by atoms with E-state index in [4.69, 9.17) is 9.26 Å². The highest BCUT2D eigenvalue weighted by Crippen LogP contribution is 2.22. The lowest BCUT2D eigenvalue weighted by Crippen LogP contribution is -1.83. The van der Waals surface area contributed by atoms with Gasteiger partial charge in [0.15, 0.2) is 0 Å². The first-order chi connectivity index (χ1) is 7.81. The van der Waals surface area contributed by atoms with Crippen molar-refractivity contribution in [2.24, 2.45) is 0 Å². The number of aryl methyl sites for hydroxylation is 1. The number of ether oxygens (including phenoxy) is 1. The van der Waals surface area contributed by atoms with Crippen LogP contribution in [0.25, 0.3) is 17.2 Å². The molecule has 1 aromatic carbocycles. The Balaban J connectivity index is 2.39. The number of benzene rings is 1. The zero-order valence-corrected chi connectivity index (χ0v) is 9.31. The second kappa shape index (κ2) is 4.66. The molecule has 0 radical (unpaired) electrons. The highest BCUT2D eigenvalue weighted by Gasteiger charge is 2.02. The summed E-state index contributed by atoms with van der Waals surface area (Å²) in [6.45, 7) is 2.06. The predicted octanol–water partition coefficient (Wildman–Crippen LogP) is 3.27. The van der Waals surface area contributed by atoms with Gasteiger partial charge in [0.25, 0.3) is 0 Å². The first kappa shape index (κ1) is 10.5. The molecule has 0 saturated heterocycles. The fourth-order valence-electron chi connectivity index (χ4n) is 1.49. The minimum absolute atomic E-state index is 0.979. The quantitative estimate of drug-likeness (QED) is 0.737. The van der Waals surface area contributed by atoms with Crippen molar-refractivity contribution in [2.45, 2.75) is 6.92 Å². The first-order valence-corrected chi connectivity index (χ1v) is 5.01. The first-order valence-electron chi connectivity index (χ1n) is 5.01. The summed E-state index contributed by atoms with van der Waals surface area (Å²) in [5, 5.41) is 3.70. The third-order valence-corrected chi connectivity index (χ3v) is 2.43. The molecule has 0 N–H and O–H groups in total. The summed E-state index contributed by atoms with van der Waals surface area (Å²) in [5.74, 6) is 0. The lowest BCUT2D eigenvalue weighted by atomic mass is 10.0. The molecular weight excluding hydrogens is 202 g/mol. The van der Waals surface area contributed by atoms with E-state index in [-0.39, 0.29) is 0 Å². The maximum absolute atomic E-state index is 4.92. The maximum atomic E-state index is 4.92. The lowest BCUT2D eigenvalue weighted by molar-refractivity contribution is 0.341. The monoisotopic (exact) mass is 215 g/mol. The zero-order chi connectivity index (χ0) is 11.4. The van der Waals surface area contributed by atoms with Gasteiger partial charge in [-0.3, -0.25) is 0 Å². The van der Waals surface area contributed by atoms with Crippen LogP contribution in [0.3, 0.4) is 0 Å². The largest absolute Gasteiger partial charge is 0.504 e. The second-order valence-electron chi connectivity index (χ2n) is 3.52. The number of hydrogen-bond donors (Lipinski definition) is 0. The lowest BCUT2D eigenvalue weighted by Gasteiger charge is -2.03. The van der Waals surface area contributed by atoms with Gasteiger partial charge in [0.1, 0.15) is 6.26 Å². The average molecular weight is 215 g/mol. The minimum Gasteiger partial charge on any atom is -0.504 e. The summed E-state index contributed by atoms with van der Waals surface area (Å²) in [6.07, 6.45) is 6.94.